The fourth-order valence-electron chi connectivity index (χ4n) is 5.58. The molecular formula is C32H35N3O3S. The van der Waals surface area contributed by atoms with Crippen molar-refractivity contribution in [1.82, 2.24) is 9.29 Å². The number of rotatable bonds is 6. The number of hydrogen-bond acceptors (Lipinski definition) is 7. The monoisotopic (exact) mass is 541 g/mol. The summed E-state index contributed by atoms with van der Waals surface area (Å²) in [4.78, 5) is 8.59. The largest absolute Gasteiger partial charge is 0.495 e. The van der Waals surface area contributed by atoms with Crippen LogP contribution in [-0.2, 0) is 9.47 Å². The highest BCUT2D eigenvalue weighted by Crippen LogP contribution is 2.39. The first kappa shape index (κ1) is 26.1. The van der Waals surface area contributed by atoms with Crippen molar-refractivity contribution in [3.05, 3.63) is 72.9 Å². The number of ether oxygens (including phenoxy) is 3. The zero-order valence-electron chi connectivity index (χ0n) is 22.8. The van der Waals surface area contributed by atoms with E-state index in [0.29, 0.717) is 0 Å². The predicted molar refractivity (Wildman–Crippen MR) is 160 cm³/mol. The summed E-state index contributed by atoms with van der Waals surface area (Å²) in [5.41, 5.74) is 6.49. The van der Waals surface area contributed by atoms with Crippen LogP contribution in [0.2, 0.25) is 0 Å². The van der Waals surface area contributed by atoms with Crippen molar-refractivity contribution in [3.63, 3.8) is 0 Å². The highest BCUT2D eigenvalue weighted by atomic mass is 32.2. The highest BCUT2D eigenvalue weighted by Gasteiger charge is 2.23. The maximum atomic E-state index is 6.00. The fraction of sp³-hybridized carbons (Fsp3) is 0.344. The molecule has 2 aliphatic rings. The maximum absolute atomic E-state index is 6.00. The number of anilines is 1. The van der Waals surface area contributed by atoms with Gasteiger partial charge in [-0.3, -0.25) is 4.98 Å². The molecule has 2 unspecified atom stereocenters. The summed E-state index contributed by atoms with van der Waals surface area (Å²) in [5.74, 6) is 0.850. The van der Waals surface area contributed by atoms with E-state index in [4.69, 9.17) is 19.2 Å². The number of benzene rings is 3. The van der Waals surface area contributed by atoms with Gasteiger partial charge in [0.1, 0.15) is 5.75 Å². The second-order valence-corrected chi connectivity index (χ2v) is 11.4. The summed E-state index contributed by atoms with van der Waals surface area (Å²) < 4.78 is 19.7. The standard InChI is InChI=1S/C32H35N3O3S/c1-22-20-34(21-23(2)38-22)26-11-7-25(8-12-26)30-19-33-31-28(5-4-6-29(31)32(30)36-3)24-9-13-27(14-10-24)39-35-15-17-37-18-16-35/h4-14,19,22-23H,15-18,20-21H2,1-3H3. The third-order valence-electron chi connectivity index (χ3n) is 7.39. The summed E-state index contributed by atoms with van der Waals surface area (Å²) in [5, 5.41) is 1.01. The Morgan fingerprint density at radius 2 is 1.51 bits per heavy atom. The Balaban J connectivity index is 1.28. The predicted octanol–water partition coefficient (Wildman–Crippen LogP) is 6.53. The van der Waals surface area contributed by atoms with Crippen molar-refractivity contribution in [2.24, 2.45) is 0 Å². The minimum Gasteiger partial charge on any atom is -0.495 e. The molecule has 0 saturated carbocycles. The lowest BCUT2D eigenvalue weighted by Crippen LogP contribution is -2.45. The molecule has 0 aliphatic carbocycles. The number of aromatic nitrogens is 1. The molecule has 3 aromatic carbocycles. The zero-order chi connectivity index (χ0) is 26.8. The van der Waals surface area contributed by atoms with Gasteiger partial charge >= 0.3 is 0 Å². The van der Waals surface area contributed by atoms with Crippen LogP contribution >= 0.6 is 11.9 Å². The number of methoxy groups -OCH3 is 1. The number of nitrogens with zero attached hydrogens (tertiary/aromatic N) is 3. The van der Waals surface area contributed by atoms with Crippen LogP contribution in [-0.4, -0.2) is 68.0 Å². The van der Waals surface area contributed by atoms with Gasteiger partial charge in [-0.25, -0.2) is 4.31 Å². The minimum atomic E-state index is 0.229. The summed E-state index contributed by atoms with van der Waals surface area (Å²) in [6, 6.07) is 23.8. The van der Waals surface area contributed by atoms with Crippen LogP contribution in [0.1, 0.15) is 13.8 Å². The first-order valence-corrected chi connectivity index (χ1v) is 14.4. The number of morpholine rings is 2. The number of para-hydroxylation sites is 1. The molecule has 0 amide bonds. The number of pyridine rings is 1. The summed E-state index contributed by atoms with van der Waals surface area (Å²) in [6.45, 7) is 9.58. The van der Waals surface area contributed by atoms with E-state index in [2.05, 4.69) is 89.8 Å². The minimum absolute atomic E-state index is 0.229. The third kappa shape index (κ3) is 5.63. The SMILES string of the molecule is COc1c(-c2ccc(N3CC(C)OC(C)C3)cc2)cnc2c(-c3ccc(SN4CCOCC4)cc3)cccc12. The van der Waals surface area contributed by atoms with E-state index in [-0.39, 0.29) is 12.2 Å². The molecule has 0 spiro atoms. The van der Waals surface area contributed by atoms with E-state index < -0.39 is 0 Å². The Labute approximate surface area is 235 Å². The second-order valence-electron chi connectivity index (χ2n) is 10.3. The van der Waals surface area contributed by atoms with Gasteiger partial charge in [0, 0.05) is 59.5 Å². The van der Waals surface area contributed by atoms with Crippen LogP contribution in [0.4, 0.5) is 5.69 Å². The van der Waals surface area contributed by atoms with E-state index in [9.17, 15) is 0 Å². The van der Waals surface area contributed by atoms with Crippen LogP contribution in [0.25, 0.3) is 33.2 Å². The molecule has 1 aromatic heterocycles. The Hall–Kier alpha value is -3.10. The molecular weight excluding hydrogens is 506 g/mol. The van der Waals surface area contributed by atoms with Gasteiger partial charge in [0.15, 0.2) is 0 Å². The zero-order valence-corrected chi connectivity index (χ0v) is 23.6. The Morgan fingerprint density at radius 3 is 2.21 bits per heavy atom. The summed E-state index contributed by atoms with van der Waals surface area (Å²) in [7, 11) is 1.74. The van der Waals surface area contributed by atoms with E-state index in [0.717, 1.165) is 78.3 Å². The molecule has 3 heterocycles. The highest BCUT2D eigenvalue weighted by molar-refractivity contribution is 7.97. The van der Waals surface area contributed by atoms with Gasteiger partial charge in [0.05, 0.1) is 38.0 Å². The van der Waals surface area contributed by atoms with Crippen LogP contribution in [0.3, 0.4) is 0 Å². The van der Waals surface area contributed by atoms with Crippen molar-refractivity contribution in [1.29, 1.82) is 0 Å². The molecule has 4 aromatic rings. The quantitative estimate of drug-likeness (QED) is 0.257. The van der Waals surface area contributed by atoms with Crippen molar-refractivity contribution in [2.75, 3.05) is 51.4 Å². The smallest absolute Gasteiger partial charge is 0.137 e. The normalized spacial score (nSPS) is 20.3. The average Bonchev–Trinajstić information content (AvgIpc) is 2.97. The Kier molecular flexibility index (Phi) is 7.75. The molecule has 0 bridgehead atoms. The van der Waals surface area contributed by atoms with Crippen molar-refractivity contribution < 1.29 is 14.2 Å². The molecule has 39 heavy (non-hydrogen) atoms. The lowest BCUT2D eigenvalue weighted by atomic mass is 9.98. The van der Waals surface area contributed by atoms with Gasteiger partial charge in [-0.05, 0) is 67.3 Å². The molecule has 0 N–H and O–H groups in total. The lowest BCUT2D eigenvalue weighted by Gasteiger charge is -2.36. The third-order valence-corrected chi connectivity index (χ3v) is 8.49. The van der Waals surface area contributed by atoms with Gasteiger partial charge in [0.2, 0.25) is 0 Å². The van der Waals surface area contributed by atoms with Gasteiger partial charge in [-0.1, -0.05) is 36.4 Å². The number of fused-ring (bicyclic) bond motifs is 1. The molecule has 202 valence electrons. The molecule has 2 fully saturated rings. The topological polar surface area (TPSA) is 47.1 Å². The van der Waals surface area contributed by atoms with Crippen LogP contribution in [0.15, 0.2) is 77.8 Å². The first-order chi connectivity index (χ1) is 19.1. The van der Waals surface area contributed by atoms with E-state index >= 15 is 0 Å². The molecule has 0 radical (unpaired) electrons. The van der Waals surface area contributed by atoms with E-state index in [1.807, 2.05) is 6.20 Å². The molecule has 6 nitrogen and oxygen atoms in total. The lowest BCUT2D eigenvalue weighted by molar-refractivity contribution is -0.00521. The molecule has 7 heteroatoms. The van der Waals surface area contributed by atoms with Gasteiger partial charge < -0.3 is 19.1 Å². The van der Waals surface area contributed by atoms with E-state index in [1.54, 1.807) is 19.1 Å². The van der Waals surface area contributed by atoms with Crippen LogP contribution in [0, 0.1) is 0 Å². The van der Waals surface area contributed by atoms with Crippen molar-refractivity contribution in [3.8, 4) is 28.0 Å². The van der Waals surface area contributed by atoms with Gasteiger partial charge in [-0.2, -0.15) is 0 Å². The van der Waals surface area contributed by atoms with Crippen molar-refractivity contribution >= 4 is 28.5 Å². The summed E-state index contributed by atoms with van der Waals surface area (Å²) in [6.07, 6.45) is 2.40. The number of hydrogen-bond donors (Lipinski definition) is 0. The van der Waals surface area contributed by atoms with Crippen LogP contribution in [0.5, 0.6) is 5.75 Å². The maximum Gasteiger partial charge on any atom is 0.137 e. The first-order valence-electron chi connectivity index (χ1n) is 13.7. The van der Waals surface area contributed by atoms with Crippen LogP contribution < -0.4 is 9.64 Å². The second kappa shape index (κ2) is 11.6. The van der Waals surface area contributed by atoms with Gasteiger partial charge in [-0.15, -0.1) is 0 Å². The Morgan fingerprint density at radius 1 is 0.846 bits per heavy atom. The molecule has 2 atom stereocenters. The van der Waals surface area contributed by atoms with Crippen molar-refractivity contribution in [2.45, 2.75) is 31.0 Å². The average molecular weight is 542 g/mol. The van der Waals surface area contributed by atoms with E-state index in [1.165, 1.54) is 10.6 Å². The molecule has 2 saturated heterocycles. The Bertz CT molecular complexity index is 1410. The molecule has 6 rings (SSSR count). The fourth-order valence-corrected chi connectivity index (χ4v) is 6.47. The summed E-state index contributed by atoms with van der Waals surface area (Å²) >= 11 is 1.80. The van der Waals surface area contributed by atoms with Gasteiger partial charge in [0.25, 0.3) is 0 Å². The molecule has 2 aliphatic heterocycles.